The van der Waals surface area contributed by atoms with Crippen molar-refractivity contribution >= 4 is 5.82 Å². The van der Waals surface area contributed by atoms with Crippen LogP contribution in [0.2, 0.25) is 0 Å². The average Bonchev–Trinajstić information content (AvgIpc) is 2.49. The van der Waals surface area contributed by atoms with Crippen molar-refractivity contribution in [2.45, 2.75) is 0 Å². The molecule has 2 heterocycles. The first-order valence-electron chi connectivity index (χ1n) is 6.24. The van der Waals surface area contributed by atoms with E-state index < -0.39 is 0 Å². The van der Waals surface area contributed by atoms with Gasteiger partial charge in [-0.25, -0.2) is 9.37 Å². The van der Waals surface area contributed by atoms with Crippen molar-refractivity contribution in [3.8, 4) is 11.3 Å². The van der Waals surface area contributed by atoms with Gasteiger partial charge < -0.3 is 10.2 Å². The van der Waals surface area contributed by atoms with Crippen molar-refractivity contribution in [2.75, 3.05) is 31.1 Å². The molecule has 3 rings (SSSR count). The lowest BCUT2D eigenvalue weighted by Crippen LogP contribution is -2.44. The Kier molecular flexibility index (Phi) is 3.33. The molecule has 0 aliphatic carbocycles. The van der Waals surface area contributed by atoms with Crippen LogP contribution in [0.15, 0.2) is 30.6 Å². The maximum atomic E-state index is 13.9. The van der Waals surface area contributed by atoms with Crippen molar-refractivity contribution in [2.24, 2.45) is 0 Å². The van der Waals surface area contributed by atoms with Crippen molar-refractivity contribution in [1.82, 2.24) is 20.5 Å². The molecule has 0 bridgehead atoms. The minimum absolute atomic E-state index is 0.304. The molecule has 19 heavy (non-hydrogen) atoms. The van der Waals surface area contributed by atoms with Gasteiger partial charge in [0.05, 0.1) is 0 Å². The van der Waals surface area contributed by atoms with Crippen LogP contribution in [0.25, 0.3) is 11.3 Å². The molecular weight excluding hydrogens is 245 g/mol. The first-order chi connectivity index (χ1) is 9.36. The van der Waals surface area contributed by atoms with E-state index in [0.29, 0.717) is 17.1 Å². The predicted molar refractivity (Wildman–Crippen MR) is 70.3 cm³/mol. The molecule has 5 nitrogen and oxygen atoms in total. The van der Waals surface area contributed by atoms with Gasteiger partial charge in [0.15, 0.2) is 5.82 Å². The second-order valence-electron chi connectivity index (χ2n) is 4.35. The highest BCUT2D eigenvalue weighted by Crippen LogP contribution is 2.28. The molecule has 0 spiro atoms. The second-order valence-corrected chi connectivity index (χ2v) is 4.35. The first-order valence-corrected chi connectivity index (χ1v) is 6.24. The number of hydrogen-bond acceptors (Lipinski definition) is 5. The van der Waals surface area contributed by atoms with Gasteiger partial charge in [-0.3, -0.25) is 0 Å². The molecule has 1 aliphatic heterocycles. The molecule has 0 radical (unpaired) electrons. The van der Waals surface area contributed by atoms with Crippen molar-refractivity contribution in [1.29, 1.82) is 0 Å². The highest BCUT2D eigenvalue weighted by Gasteiger charge is 2.19. The van der Waals surface area contributed by atoms with E-state index in [4.69, 9.17) is 0 Å². The Labute approximate surface area is 110 Å². The van der Waals surface area contributed by atoms with Gasteiger partial charge in [-0.1, -0.05) is 12.1 Å². The zero-order chi connectivity index (χ0) is 13.1. The molecule has 1 aliphatic rings. The van der Waals surface area contributed by atoms with E-state index in [1.54, 1.807) is 18.2 Å². The van der Waals surface area contributed by atoms with Crippen LogP contribution in [0, 0.1) is 5.82 Å². The van der Waals surface area contributed by atoms with E-state index in [-0.39, 0.29) is 5.82 Å². The van der Waals surface area contributed by atoms with Gasteiger partial charge in [-0.15, -0.1) is 10.2 Å². The molecule has 1 fully saturated rings. The van der Waals surface area contributed by atoms with Gasteiger partial charge in [0.25, 0.3) is 0 Å². The molecule has 0 amide bonds. The van der Waals surface area contributed by atoms with E-state index in [1.165, 1.54) is 12.4 Å². The highest BCUT2D eigenvalue weighted by molar-refractivity contribution is 5.72. The molecule has 1 aromatic carbocycles. The molecule has 1 aromatic heterocycles. The van der Waals surface area contributed by atoms with Gasteiger partial charge in [-0.2, -0.15) is 0 Å². The van der Waals surface area contributed by atoms with Crippen LogP contribution in [0.5, 0.6) is 0 Å². The quantitative estimate of drug-likeness (QED) is 0.875. The third-order valence-electron chi connectivity index (χ3n) is 3.15. The van der Waals surface area contributed by atoms with Crippen molar-refractivity contribution in [3.63, 3.8) is 0 Å². The minimum atomic E-state index is -0.304. The Morgan fingerprint density at radius 3 is 2.74 bits per heavy atom. The number of halogens is 1. The molecule has 2 aromatic rings. The fourth-order valence-electron chi connectivity index (χ4n) is 2.21. The summed E-state index contributed by atoms with van der Waals surface area (Å²) in [5, 5.41) is 11.1. The molecular formula is C13H14FN5. The predicted octanol–water partition coefficient (Wildman–Crippen LogP) is 1.09. The summed E-state index contributed by atoms with van der Waals surface area (Å²) in [5.74, 6) is 0.391. The molecule has 0 saturated carbocycles. The summed E-state index contributed by atoms with van der Waals surface area (Å²) in [7, 11) is 0. The summed E-state index contributed by atoms with van der Waals surface area (Å²) in [6, 6.07) is 6.57. The van der Waals surface area contributed by atoms with Crippen molar-refractivity contribution in [3.05, 3.63) is 36.4 Å². The number of aromatic nitrogens is 3. The third kappa shape index (κ3) is 2.39. The Bertz CT molecular complexity index is 568. The number of benzene rings is 1. The lowest BCUT2D eigenvalue weighted by molar-refractivity contribution is 0.583. The summed E-state index contributed by atoms with van der Waals surface area (Å²) in [6.07, 6.45) is 1.40. The smallest absolute Gasteiger partial charge is 0.159 e. The van der Waals surface area contributed by atoms with E-state index >= 15 is 0 Å². The van der Waals surface area contributed by atoms with Crippen LogP contribution in [0.3, 0.4) is 0 Å². The monoisotopic (exact) mass is 259 g/mol. The number of nitrogens with zero attached hydrogens (tertiary/aromatic N) is 4. The summed E-state index contributed by atoms with van der Waals surface area (Å²) >= 11 is 0. The molecule has 0 unspecified atom stereocenters. The van der Waals surface area contributed by atoms with Gasteiger partial charge in [0.2, 0.25) is 0 Å². The topological polar surface area (TPSA) is 53.9 Å². The van der Waals surface area contributed by atoms with Crippen LogP contribution in [-0.4, -0.2) is 41.4 Å². The SMILES string of the molecule is Fc1ccccc1-c1nncnc1N1CCNCC1. The van der Waals surface area contributed by atoms with Crippen molar-refractivity contribution < 1.29 is 4.39 Å². The van der Waals surface area contributed by atoms with E-state index in [2.05, 4.69) is 25.4 Å². The van der Waals surface area contributed by atoms with Crippen LogP contribution < -0.4 is 10.2 Å². The molecule has 6 heteroatoms. The Morgan fingerprint density at radius 2 is 1.95 bits per heavy atom. The average molecular weight is 259 g/mol. The normalized spacial score (nSPS) is 15.5. The lowest BCUT2D eigenvalue weighted by atomic mass is 10.1. The minimum Gasteiger partial charge on any atom is -0.352 e. The molecule has 0 atom stereocenters. The first kappa shape index (κ1) is 12.0. The van der Waals surface area contributed by atoms with Crippen LogP contribution in [0.1, 0.15) is 0 Å². The van der Waals surface area contributed by atoms with E-state index in [0.717, 1.165) is 26.2 Å². The molecule has 98 valence electrons. The van der Waals surface area contributed by atoms with Crippen LogP contribution >= 0.6 is 0 Å². The summed E-state index contributed by atoms with van der Waals surface area (Å²) < 4.78 is 13.9. The number of hydrogen-bond donors (Lipinski definition) is 1. The van der Waals surface area contributed by atoms with Gasteiger partial charge in [0.1, 0.15) is 17.8 Å². The van der Waals surface area contributed by atoms with Crippen LogP contribution in [-0.2, 0) is 0 Å². The fraction of sp³-hybridized carbons (Fsp3) is 0.308. The highest BCUT2D eigenvalue weighted by atomic mass is 19.1. The number of anilines is 1. The fourth-order valence-corrected chi connectivity index (χ4v) is 2.21. The lowest BCUT2D eigenvalue weighted by Gasteiger charge is -2.29. The summed E-state index contributed by atoms with van der Waals surface area (Å²) in [6.45, 7) is 3.45. The Hall–Kier alpha value is -2.08. The number of nitrogens with one attached hydrogen (secondary N) is 1. The molecule has 1 saturated heterocycles. The molecule has 1 N–H and O–H groups in total. The van der Waals surface area contributed by atoms with E-state index in [9.17, 15) is 4.39 Å². The Balaban J connectivity index is 2.04. The zero-order valence-electron chi connectivity index (χ0n) is 10.4. The number of piperazine rings is 1. The van der Waals surface area contributed by atoms with E-state index in [1.807, 2.05) is 0 Å². The second kappa shape index (κ2) is 5.27. The standard InChI is InChI=1S/C13H14FN5/c14-11-4-2-1-3-10(11)12-13(16-9-17-18-12)19-7-5-15-6-8-19/h1-4,9,15H,5-8H2. The largest absolute Gasteiger partial charge is 0.352 e. The maximum Gasteiger partial charge on any atom is 0.159 e. The van der Waals surface area contributed by atoms with Gasteiger partial charge in [-0.05, 0) is 12.1 Å². The Morgan fingerprint density at radius 1 is 1.16 bits per heavy atom. The third-order valence-corrected chi connectivity index (χ3v) is 3.15. The van der Waals surface area contributed by atoms with Gasteiger partial charge in [0, 0.05) is 31.7 Å². The maximum absolute atomic E-state index is 13.9. The zero-order valence-corrected chi connectivity index (χ0v) is 10.4. The van der Waals surface area contributed by atoms with Crippen LogP contribution in [0.4, 0.5) is 10.2 Å². The number of rotatable bonds is 2. The van der Waals surface area contributed by atoms with Gasteiger partial charge >= 0.3 is 0 Å². The summed E-state index contributed by atoms with van der Waals surface area (Å²) in [4.78, 5) is 6.38. The summed E-state index contributed by atoms with van der Waals surface area (Å²) in [5.41, 5.74) is 0.944.